The molecule has 21 heavy (non-hydrogen) atoms. The summed E-state index contributed by atoms with van der Waals surface area (Å²) in [4.78, 5) is 24.4. The quantitative estimate of drug-likeness (QED) is 0.701. The highest BCUT2D eigenvalue weighted by Crippen LogP contribution is 2.20. The van der Waals surface area contributed by atoms with Crippen LogP contribution < -0.4 is 0 Å². The van der Waals surface area contributed by atoms with Crippen LogP contribution in [-0.4, -0.2) is 67.7 Å². The van der Waals surface area contributed by atoms with Crippen molar-refractivity contribution in [1.29, 1.82) is 0 Å². The summed E-state index contributed by atoms with van der Waals surface area (Å²) in [6.07, 6.45) is 0.109. The number of nitrogens with one attached hydrogen (secondary N) is 1. The summed E-state index contributed by atoms with van der Waals surface area (Å²) in [7, 11) is -2.71. The van der Waals surface area contributed by atoms with Gasteiger partial charge in [0.2, 0.25) is 10.0 Å². The number of aromatic amines is 1. The molecule has 0 spiro atoms. The Labute approximate surface area is 120 Å². The maximum Gasteiger partial charge on any atom is 0.352 e. The van der Waals surface area contributed by atoms with E-state index in [1.807, 2.05) is 0 Å². The van der Waals surface area contributed by atoms with Crippen molar-refractivity contribution in [1.82, 2.24) is 9.29 Å². The fourth-order valence-corrected chi connectivity index (χ4v) is 3.33. The zero-order valence-electron chi connectivity index (χ0n) is 11.1. The minimum absolute atomic E-state index is 0.0508. The number of sulfonamides is 1. The van der Waals surface area contributed by atoms with E-state index in [-0.39, 0.29) is 30.3 Å². The number of carbonyl (C=O) groups excluding carboxylic acids is 1. The van der Waals surface area contributed by atoms with Gasteiger partial charge in [0.25, 0.3) is 0 Å². The third-order valence-corrected chi connectivity index (χ3v) is 4.86. The number of ether oxygens (including phenoxy) is 2. The summed E-state index contributed by atoms with van der Waals surface area (Å²) < 4.78 is 35.5. The maximum atomic E-state index is 12.4. The number of carbonyl (C=O) groups is 2. The van der Waals surface area contributed by atoms with E-state index in [1.165, 1.54) is 7.11 Å². The van der Waals surface area contributed by atoms with Crippen LogP contribution in [0.15, 0.2) is 17.2 Å². The van der Waals surface area contributed by atoms with Gasteiger partial charge >= 0.3 is 11.9 Å². The smallest absolute Gasteiger partial charge is 0.352 e. The van der Waals surface area contributed by atoms with Crippen LogP contribution in [0.3, 0.4) is 0 Å². The van der Waals surface area contributed by atoms with Gasteiger partial charge in [-0.15, -0.1) is 0 Å². The fourth-order valence-electron chi connectivity index (χ4n) is 1.91. The lowest BCUT2D eigenvalue weighted by Gasteiger charge is -2.30. The maximum absolute atomic E-state index is 12.4. The number of hydrogen-bond donors (Lipinski definition) is 2. The van der Waals surface area contributed by atoms with Gasteiger partial charge in [-0.1, -0.05) is 0 Å². The molecule has 0 aliphatic carbocycles. The highest BCUT2D eigenvalue weighted by atomic mass is 32.2. The Hall–Kier alpha value is -1.91. The summed E-state index contributed by atoms with van der Waals surface area (Å²) in [6, 6.07) is 1.03. The summed E-state index contributed by atoms with van der Waals surface area (Å²) >= 11 is 0. The van der Waals surface area contributed by atoms with E-state index in [0.29, 0.717) is 0 Å². The lowest BCUT2D eigenvalue weighted by molar-refractivity contribution is -0.157. The average molecular weight is 318 g/mol. The van der Waals surface area contributed by atoms with E-state index in [1.54, 1.807) is 0 Å². The zero-order chi connectivity index (χ0) is 15.6. The Morgan fingerprint density at radius 3 is 2.81 bits per heavy atom. The first-order valence-corrected chi connectivity index (χ1v) is 7.41. The van der Waals surface area contributed by atoms with Gasteiger partial charge in [-0.25, -0.2) is 18.0 Å². The number of esters is 1. The summed E-state index contributed by atoms with van der Waals surface area (Å²) in [5.74, 6) is -1.92. The molecule has 1 aromatic heterocycles. The number of hydrogen-bond acceptors (Lipinski definition) is 6. The van der Waals surface area contributed by atoms with Gasteiger partial charge in [-0.2, -0.15) is 4.31 Å². The van der Waals surface area contributed by atoms with Crippen LogP contribution in [0.25, 0.3) is 0 Å². The number of aromatic carboxylic acids is 1. The van der Waals surface area contributed by atoms with Gasteiger partial charge in [0.1, 0.15) is 10.6 Å². The van der Waals surface area contributed by atoms with Crippen LogP contribution in [0, 0.1) is 0 Å². The van der Waals surface area contributed by atoms with Crippen LogP contribution in [0.4, 0.5) is 0 Å². The Balaban J connectivity index is 2.22. The van der Waals surface area contributed by atoms with E-state index in [0.717, 1.165) is 16.6 Å². The molecular weight excluding hydrogens is 304 g/mol. The van der Waals surface area contributed by atoms with Crippen molar-refractivity contribution in [3.63, 3.8) is 0 Å². The molecule has 0 aromatic carbocycles. The molecule has 10 heteroatoms. The van der Waals surface area contributed by atoms with E-state index >= 15 is 0 Å². The molecule has 1 saturated heterocycles. The summed E-state index contributed by atoms with van der Waals surface area (Å²) in [6.45, 7) is -0.0544. The Kier molecular flexibility index (Phi) is 4.30. The second kappa shape index (κ2) is 5.84. The first kappa shape index (κ1) is 15.5. The fraction of sp³-hybridized carbons (Fsp3) is 0.455. The lowest BCUT2D eigenvalue weighted by Crippen LogP contribution is -2.48. The topological polar surface area (TPSA) is 126 Å². The number of morpholine rings is 1. The third-order valence-electron chi connectivity index (χ3n) is 3.02. The van der Waals surface area contributed by atoms with Gasteiger partial charge in [0.05, 0.1) is 20.3 Å². The normalized spacial score (nSPS) is 20.1. The number of rotatable bonds is 4. The minimum atomic E-state index is -3.90. The number of carboxylic acids is 1. The monoisotopic (exact) mass is 318 g/mol. The van der Waals surface area contributed by atoms with E-state index in [2.05, 4.69) is 9.72 Å². The molecule has 0 bridgehead atoms. The molecule has 0 amide bonds. The van der Waals surface area contributed by atoms with Crippen molar-refractivity contribution >= 4 is 22.0 Å². The molecule has 2 heterocycles. The van der Waals surface area contributed by atoms with E-state index in [4.69, 9.17) is 9.84 Å². The second-order valence-electron chi connectivity index (χ2n) is 4.30. The zero-order valence-corrected chi connectivity index (χ0v) is 11.9. The highest BCUT2D eigenvalue weighted by Gasteiger charge is 2.35. The summed E-state index contributed by atoms with van der Waals surface area (Å²) in [5, 5.41) is 8.80. The van der Waals surface area contributed by atoms with Gasteiger partial charge in [-0.05, 0) is 6.07 Å². The predicted molar refractivity (Wildman–Crippen MR) is 68.3 cm³/mol. The predicted octanol–water partition coefficient (Wildman–Crippen LogP) is -0.725. The first-order chi connectivity index (χ1) is 9.86. The molecule has 1 fully saturated rings. The molecule has 0 saturated carbocycles. The first-order valence-electron chi connectivity index (χ1n) is 5.97. The van der Waals surface area contributed by atoms with E-state index < -0.39 is 28.1 Å². The average Bonchev–Trinajstić information content (AvgIpc) is 2.97. The number of H-pyrrole nitrogens is 1. The molecule has 1 aliphatic heterocycles. The molecule has 1 aromatic rings. The minimum Gasteiger partial charge on any atom is -0.477 e. The van der Waals surface area contributed by atoms with E-state index in [9.17, 15) is 18.0 Å². The molecule has 9 nitrogen and oxygen atoms in total. The molecule has 2 rings (SSSR count). The van der Waals surface area contributed by atoms with Crippen LogP contribution in [0.5, 0.6) is 0 Å². The molecule has 116 valence electrons. The molecule has 2 N–H and O–H groups in total. The van der Waals surface area contributed by atoms with Crippen molar-refractivity contribution in [2.45, 2.75) is 11.0 Å². The lowest BCUT2D eigenvalue weighted by atomic mass is 10.3. The SMILES string of the molecule is COC(=O)C1CN(S(=O)(=O)c2c[nH]c(C(=O)O)c2)CCO1. The third kappa shape index (κ3) is 3.06. The second-order valence-corrected chi connectivity index (χ2v) is 6.24. The van der Waals surface area contributed by atoms with Crippen molar-refractivity contribution in [2.75, 3.05) is 26.8 Å². The van der Waals surface area contributed by atoms with Crippen molar-refractivity contribution in [3.05, 3.63) is 18.0 Å². The summed E-state index contributed by atoms with van der Waals surface area (Å²) in [5.41, 5.74) is -0.230. The molecule has 1 atom stereocenters. The van der Waals surface area contributed by atoms with Gasteiger partial charge in [0, 0.05) is 12.7 Å². The van der Waals surface area contributed by atoms with Crippen molar-refractivity contribution in [3.8, 4) is 0 Å². The van der Waals surface area contributed by atoms with Crippen LogP contribution in [0.2, 0.25) is 0 Å². The van der Waals surface area contributed by atoms with Crippen LogP contribution >= 0.6 is 0 Å². The van der Waals surface area contributed by atoms with Crippen molar-refractivity contribution in [2.24, 2.45) is 0 Å². The van der Waals surface area contributed by atoms with Crippen molar-refractivity contribution < 1.29 is 32.6 Å². The molecule has 1 unspecified atom stereocenters. The molecule has 0 radical (unpaired) electrons. The Bertz CT molecular complexity index is 651. The molecular formula is C11H14N2O7S. The van der Waals surface area contributed by atoms with Crippen LogP contribution in [0.1, 0.15) is 10.5 Å². The highest BCUT2D eigenvalue weighted by molar-refractivity contribution is 7.89. The van der Waals surface area contributed by atoms with Gasteiger partial charge < -0.3 is 19.6 Å². The largest absolute Gasteiger partial charge is 0.477 e. The number of methoxy groups -OCH3 is 1. The Morgan fingerprint density at radius 2 is 2.24 bits per heavy atom. The number of carboxylic acid groups (broad SMARTS) is 1. The Morgan fingerprint density at radius 1 is 1.52 bits per heavy atom. The standard InChI is InChI=1S/C11H14N2O7S/c1-19-11(16)9-6-13(2-3-20-9)21(17,18)7-4-8(10(14)15)12-5-7/h4-5,9,12H,2-3,6H2,1H3,(H,14,15). The van der Waals surface area contributed by atoms with Gasteiger partial charge in [-0.3, -0.25) is 0 Å². The number of aromatic nitrogens is 1. The van der Waals surface area contributed by atoms with Crippen LogP contribution in [-0.2, 0) is 24.3 Å². The van der Waals surface area contributed by atoms with Gasteiger partial charge in [0.15, 0.2) is 6.10 Å². The number of nitrogens with zero attached hydrogens (tertiary/aromatic N) is 1. The molecule has 1 aliphatic rings.